The van der Waals surface area contributed by atoms with E-state index in [-0.39, 0.29) is 18.6 Å². The zero-order chi connectivity index (χ0) is 12.0. The van der Waals surface area contributed by atoms with Crippen LogP contribution < -0.4 is 5.32 Å². The Labute approximate surface area is 101 Å². The maximum absolute atomic E-state index is 11.8. The molecule has 1 amide bonds. The summed E-state index contributed by atoms with van der Waals surface area (Å²) in [6.45, 7) is 2.08. The van der Waals surface area contributed by atoms with Crippen molar-refractivity contribution in [1.29, 1.82) is 0 Å². The summed E-state index contributed by atoms with van der Waals surface area (Å²) in [5.41, 5.74) is 0.620. The first-order chi connectivity index (χ1) is 7.67. The third-order valence-corrected chi connectivity index (χ3v) is 2.73. The monoisotopic (exact) mass is 239 g/mol. The van der Waals surface area contributed by atoms with Crippen LogP contribution in [-0.4, -0.2) is 23.7 Å². The summed E-state index contributed by atoms with van der Waals surface area (Å²) in [5.74, 6) is -0.103. The molecule has 0 aliphatic rings. The molecule has 0 aliphatic heterocycles. The molecular weight excluding hydrogens is 222 g/mol. The van der Waals surface area contributed by atoms with Crippen LogP contribution in [0.3, 0.4) is 0 Å². The largest absolute Gasteiger partial charge is 0.396 e. The van der Waals surface area contributed by atoms with E-state index in [1.165, 1.54) is 0 Å². The van der Waals surface area contributed by atoms with Gasteiger partial charge in [0.15, 0.2) is 0 Å². The number of aliphatic hydroxyl groups excluding tert-OH is 1. The van der Waals surface area contributed by atoms with Crippen LogP contribution in [0, 0.1) is 0 Å². The third kappa shape index (κ3) is 3.87. The molecule has 1 atom stereocenters. The Bertz CT molecular complexity index is 337. The second-order valence-electron chi connectivity index (χ2n) is 3.64. The van der Waals surface area contributed by atoms with Gasteiger partial charge >= 0.3 is 0 Å². The Morgan fingerprint density at radius 3 is 2.56 bits per heavy atom. The smallest absolute Gasteiger partial charge is 0.251 e. The SMILES string of the molecule is CCC(CCO)NC(=O)c1ccc(S)cc1. The number of rotatable bonds is 5. The van der Waals surface area contributed by atoms with E-state index in [4.69, 9.17) is 5.11 Å². The first-order valence-electron chi connectivity index (χ1n) is 5.38. The van der Waals surface area contributed by atoms with Crippen molar-refractivity contribution >= 4 is 18.5 Å². The molecule has 0 saturated heterocycles. The lowest BCUT2D eigenvalue weighted by molar-refractivity contribution is 0.0929. The third-order valence-electron chi connectivity index (χ3n) is 2.44. The average molecular weight is 239 g/mol. The molecule has 1 unspecified atom stereocenters. The van der Waals surface area contributed by atoms with Crippen molar-refractivity contribution in [2.45, 2.75) is 30.7 Å². The van der Waals surface area contributed by atoms with Crippen LogP contribution in [-0.2, 0) is 0 Å². The summed E-state index contributed by atoms with van der Waals surface area (Å²) in [6.07, 6.45) is 1.41. The van der Waals surface area contributed by atoms with Crippen molar-refractivity contribution in [3.63, 3.8) is 0 Å². The van der Waals surface area contributed by atoms with E-state index >= 15 is 0 Å². The van der Waals surface area contributed by atoms with Crippen molar-refractivity contribution in [2.24, 2.45) is 0 Å². The Balaban J connectivity index is 2.60. The lowest BCUT2D eigenvalue weighted by Gasteiger charge is -2.15. The molecule has 0 spiro atoms. The minimum Gasteiger partial charge on any atom is -0.396 e. The summed E-state index contributed by atoms with van der Waals surface area (Å²) in [5, 5.41) is 11.7. The number of amides is 1. The van der Waals surface area contributed by atoms with Crippen molar-refractivity contribution in [3.8, 4) is 0 Å². The highest BCUT2D eigenvalue weighted by Gasteiger charge is 2.11. The van der Waals surface area contributed by atoms with Gasteiger partial charge in [0.25, 0.3) is 5.91 Å². The predicted octanol–water partition coefficient (Wildman–Crippen LogP) is 1.87. The molecule has 0 bridgehead atoms. The second kappa shape index (κ2) is 6.55. The fourth-order valence-electron chi connectivity index (χ4n) is 1.42. The molecule has 2 N–H and O–H groups in total. The average Bonchev–Trinajstić information content (AvgIpc) is 2.29. The molecule has 1 rings (SSSR count). The van der Waals surface area contributed by atoms with E-state index in [9.17, 15) is 4.79 Å². The summed E-state index contributed by atoms with van der Waals surface area (Å²) in [7, 11) is 0. The van der Waals surface area contributed by atoms with Crippen LogP contribution in [0.5, 0.6) is 0 Å². The number of hydrogen-bond acceptors (Lipinski definition) is 3. The minimum absolute atomic E-state index is 0.0354. The molecule has 0 aliphatic carbocycles. The molecule has 3 nitrogen and oxygen atoms in total. The number of benzene rings is 1. The zero-order valence-electron chi connectivity index (χ0n) is 9.31. The topological polar surface area (TPSA) is 49.3 Å². The molecule has 0 aromatic heterocycles. The van der Waals surface area contributed by atoms with Crippen molar-refractivity contribution in [2.75, 3.05) is 6.61 Å². The van der Waals surface area contributed by atoms with Gasteiger partial charge in [-0.15, -0.1) is 12.6 Å². The van der Waals surface area contributed by atoms with E-state index in [1.54, 1.807) is 24.3 Å². The Hall–Kier alpha value is -1.00. The molecule has 0 radical (unpaired) electrons. The Kier molecular flexibility index (Phi) is 5.35. The Morgan fingerprint density at radius 2 is 2.06 bits per heavy atom. The van der Waals surface area contributed by atoms with Crippen LogP contribution in [0.1, 0.15) is 30.1 Å². The lowest BCUT2D eigenvalue weighted by Crippen LogP contribution is -2.34. The van der Waals surface area contributed by atoms with Crippen LogP contribution in [0.4, 0.5) is 0 Å². The minimum atomic E-state index is -0.103. The fourth-order valence-corrected chi connectivity index (χ4v) is 1.56. The van der Waals surface area contributed by atoms with Crippen LogP contribution in [0.15, 0.2) is 29.2 Å². The first-order valence-corrected chi connectivity index (χ1v) is 5.82. The van der Waals surface area contributed by atoms with Gasteiger partial charge in [-0.05, 0) is 37.1 Å². The van der Waals surface area contributed by atoms with Gasteiger partial charge in [0.05, 0.1) is 0 Å². The van der Waals surface area contributed by atoms with Gasteiger partial charge < -0.3 is 10.4 Å². The highest BCUT2D eigenvalue weighted by molar-refractivity contribution is 7.80. The predicted molar refractivity (Wildman–Crippen MR) is 66.9 cm³/mol. The molecule has 4 heteroatoms. The molecule has 0 saturated carbocycles. The van der Waals surface area contributed by atoms with Gasteiger partial charge in [0.1, 0.15) is 0 Å². The number of aliphatic hydroxyl groups is 1. The standard InChI is InChI=1S/C12H17NO2S/c1-2-10(7-8-14)13-12(15)9-3-5-11(16)6-4-9/h3-6,10,14,16H,2,7-8H2,1H3,(H,13,15). The molecule has 16 heavy (non-hydrogen) atoms. The van der Waals surface area contributed by atoms with E-state index < -0.39 is 0 Å². The molecular formula is C12H17NO2S. The van der Waals surface area contributed by atoms with Gasteiger partial charge in [-0.25, -0.2) is 0 Å². The van der Waals surface area contributed by atoms with Gasteiger partial charge in [0.2, 0.25) is 0 Å². The van der Waals surface area contributed by atoms with Crippen molar-refractivity contribution in [1.82, 2.24) is 5.32 Å². The van der Waals surface area contributed by atoms with Gasteiger partial charge in [-0.2, -0.15) is 0 Å². The van der Waals surface area contributed by atoms with Crippen LogP contribution in [0.2, 0.25) is 0 Å². The van der Waals surface area contributed by atoms with Gasteiger partial charge in [-0.3, -0.25) is 4.79 Å². The van der Waals surface area contributed by atoms with E-state index in [0.717, 1.165) is 11.3 Å². The van der Waals surface area contributed by atoms with Crippen LogP contribution in [0.25, 0.3) is 0 Å². The number of thiol groups is 1. The maximum atomic E-state index is 11.8. The molecule has 0 heterocycles. The summed E-state index contributed by atoms with van der Waals surface area (Å²) < 4.78 is 0. The molecule has 1 aromatic rings. The van der Waals surface area contributed by atoms with Gasteiger partial charge in [0, 0.05) is 23.1 Å². The maximum Gasteiger partial charge on any atom is 0.251 e. The summed E-state index contributed by atoms with van der Waals surface area (Å²) in [4.78, 5) is 12.6. The highest BCUT2D eigenvalue weighted by atomic mass is 32.1. The van der Waals surface area contributed by atoms with Gasteiger partial charge in [-0.1, -0.05) is 6.92 Å². The second-order valence-corrected chi connectivity index (χ2v) is 4.15. The quantitative estimate of drug-likeness (QED) is 0.687. The molecule has 1 aromatic carbocycles. The Morgan fingerprint density at radius 1 is 1.44 bits per heavy atom. The summed E-state index contributed by atoms with van der Waals surface area (Å²) >= 11 is 4.16. The number of nitrogens with one attached hydrogen (secondary N) is 1. The molecule has 0 fully saturated rings. The van der Waals surface area contributed by atoms with Crippen LogP contribution >= 0.6 is 12.6 Å². The van der Waals surface area contributed by atoms with Crippen molar-refractivity contribution < 1.29 is 9.90 Å². The van der Waals surface area contributed by atoms with E-state index in [0.29, 0.717) is 12.0 Å². The number of hydrogen-bond donors (Lipinski definition) is 3. The number of carbonyl (C=O) groups is 1. The number of carbonyl (C=O) groups excluding carboxylic acids is 1. The van der Waals surface area contributed by atoms with Crippen molar-refractivity contribution in [3.05, 3.63) is 29.8 Å². The summed E-state index contributed by atoms with van der Waals surface area (Å²) in [6, 6.07) is 7.08. The normalized spacial score (nSPS) is 12.2. The molecule has 88 valence electrons. The highest BCUT2D eigenvalue weighted by Crippen LogP contribution is 2.08. The lowest BCUT2D eigenvalue weighted by atomic mass is 10.1. The van der Waals surface area contributed by atoms with E-state index in [1.807, 2.05) is 6.92 Å². The van der Waals surface area contributed by atoms with E-state index in [2.05, 4.69) is 17.9 Å². The fraction of sp³-hybridized carbons (Fsp3) is 0.417. The zero-order valence-corrected chi connectivity index (χ0v) is 10.2. The first kappa shape index (κ1) is 13.1.